The molecule has 0 unspecified atom stereocenters. The molecule has 1 fully saturated rings. The predicted octanol–water partition coefficient (Wildman–Crippen LogP) is 2.16. The van der Waals surface area contributed by atoms with Crippen molar-refractivity contribution in [1.82, 2.24) is 4.90 Å². The highest BCUT2D eigenvalue weighted by Crippen LogP contribution is 2.14. The molecule has 1 heterocycles. The zero-order chi connectivity index (χ0) is 17.5. The monoisotopic (exact) mass is 334 g/mol. The molecule has 2 rings (SSSR count). The first-order valence-electron chi connectivity index (χ1n) is 8.40. The topological polar surface area (TPSA) is 67.9 Å². The number of hydrogen-bond donors (Lipinski definition) is 1. The molecule has 1 aliphatic rings. The molecule has 6 nitrogen and oxygen atoms in total. The second kappa shape index (κ2) is 8.80. The summed E-state index contributed by atoms with van der Waals surface area (Å²) in [5.41, 5.74) is 1.14. The molecule has 132 valence electrons. The largest absolute Gasteiger partial charge is 0.462 e. The minimum absolute atomic E-state index is 0.0664. The van der Waals surface area contributed by atoms with E-state index in [1.54, 1.807) is 31.2 Å². The molecule has 1 amide bonds. The Morgan fingerprint density at radius 3 is 2.67 bits per heavy atom. The van der Waals surface area contributed by atoms with Crippen molar-refractivity contribution in [3.05, 3.63) is 29.8 Å². The van der Waals surface area contributed by atoms with Gasteiger partial charge in [-0.3, -0.25) is 9.69 Å². The van der Waals surface area contributed by atoms with Crippen LogP contribution in [0.1, 0.15) is 31.1 Å². The molecule has 0 radical (unpaired) electrons. The molecule has 1 atom stereocenters. The van der Waals surface area contributed by atoms with Crippen LogP contribution in [-0.2, 0) is 14.3 Å². The molecule has 0 aliphatic carbocycles. The lowest BCUT2D eigenvalue weighted by Crippen LogP contribution is -2.47. The number of hydrogen-bond acceptors (Lipinski definition) is 5. The number of rotatable bonds is 6. The summed E-state index contributed by atoms with van der Waals surface area (Å²) in [6.45, 7) is 8.89. The molecule has 24 heavy (non-hydrogen) atoms. The Bertz CT molecular complexity index is 557. The van der Waals surface area contributed by atoms with Crippen LogP contribution in [-0.4, -0.2) is 55.7 Å². The third-order valence-corrected chi connectivity index (χ3v) is 3.97. The van der Waals surface area contributed by atoms with Crippen LogP contribution in [0.2, 0.25) is 0 Å². The highest BCUT2D eigenvalue weighted by Gasteiger charge is 2.24. The van der Waals surface area contributed by atoms with Gasteiger partial charge in [-0.1, -0.05) is 13.8 Å². The van der Waals surface area contributed by atoms with Crippen molar-refractivity contribution in [1.29, 1.82) is 0 Å². The lowest BCUT2D eigenvalue weighted by atomic mass is 10.1. The standard InChI is InChI=1S/C18H26N2O4/c1-4-23-18(22)14-5-7-15(8-6-14)19-17(21)12-20-9-10-24-16(11-20)13(2)3/h5-8,13,16H,4,9-12H2,1-3H3,(H,19,21)/t16-/m0/s1. The third kappa shape index (κ3) is 5.32. The smallest absolute Gasteiger partial charge is 0.338 e. The summed E-state index contributed by atoms with van der Waals surface area (Å²) >= 11 is 0. The molecule has 0 aromatic heterocycles. The third-order valence-electron chi connectivity index (χ3n) is 3.97. The summed E-state index contributed by atoms with van der Waals surface area (Å²) in [4.78, 5) is 25.9. The van der Waals surface area contributed by atoms with E-state index in [2.05, 4.69) is 24.1 Å². The minimum Gasteiger partial charge on any atom is -0.462 e. The number of anilines is 1. The Kier molecular flexibility index (Phi) is 6.75. The van der Waals surface area contributed by atoms with Crippen molar-refractivity contribution in [2.45, 2.75) is 26.9 Å². The highest BCUT2D eigenvalue weighted by molar-refractivity contribution is 5.94. The van der Waals surface area contributed by atoms with Gasteiger partial charge < -0.3 is 14.8 Å². The van der Waals surface area contributed by atoms with Crippen LogP contribution in [0.15, 0.2) is 24.3 Å². The van der Waals surface area contributed by atoms with Crippen LogP contribution in [0.3, 0.4) is 0 Å². The van der Waals surface area contributed by atoms with Crippen LogP contribution in [0.25, 0.3) is 0 Å². The summed E-state index contributed by atoms with van der Waals surface area (Å²) in [5, 5.41) is 2.86. The van der Waals surface area contributed by atoms with Crippen molar-refractivity contribution >= 4 is 17.6 Å². The van der Waals surface area contributed by atoms with Crippen LogP contribution >= 0.6 is 0 Å². The van der Waals surface area contributed by atoms with Crippen molar-refractivity contribution in [2.24, 2.45) is 5.92 Å². The Hall–Kier alpha value is -1.92. The first kappa shape index (κ1) is 18.4. The predicted molar refractivity (Wildman–Crippen MR) is 92.0 cm³/mol. The number of carbonyl (C=O) groups is 2. The summed E-state index contributed by atoms with van der Waals surface area (Å²) < 4.78 is 10.6. The van der Waals surface area contributed by atoms with E-state index in [4.69, 9.17) is 9.47 Å². The lowest BCUT2D eigenvalue weighted by molar-refractivity contribution is -0.120. The molecule has 1 aromatic rings. The zero-order valence-corrected chi connectivity index (χ0v) is 14.6. The number of amides is 1. The molecule has 0 spiro atoms. The van der Waals surface area contributed by atoms with Gasteiger partial charge in [-0.05, 0) is 37.1 Å². The zero-order valence-electron chi connectivity index (χ0n) is 14.6. The van der Waals surface area contributed by atoms with Crippen LogP contribution < -0.4 is 5.32 Å². The highest BCUT2D eigenvalue weighted by atomic mass is 16.5. The SMILES string of the molecule is CCOC(=O)c1ccc(NC(=O)CN2CCO[C@H](C(C)C)C2)cc1. The Balaban J connectivity index is 1.85. The molecule has 6 heteroatoms. The molecule has 0 saturated carbocycles. The number of esters is 1. The van der Waals surface area contributed by atoms with Gasteiger partial charge in [0.1, 0.15) is 0 Å². The fourth-order valence-corrected chi connectivity index (χ4v) is 2.59. The van der Waals surface area contributed by atoms with Gasteiger partial charge in [-0.2, -0.15) is 0 Å². The van der Waals surface area contributed by atoms with Crippen LogP contribution in [0.5, 0.6) is 0 Å². The second-order valence-electron chi connectivity index (χ2n) is 6.23. The molecule has 1 saturated heterocycles. The maximum atomic E-state index is 12.2. The molecule has 1 aromatic carbocycles. The van der Waals surface area contributed by atoms with Gasteiger partial charge in [0.25, 0.3) is 0 Å². The Morgan fingerprint density at radius 2 is 2.04 bits per heavy atom. The summed E-state index contributed by atoms with van der Waals surface area (Å²) in [5.74, 6) is 0.0120. The number of benzene rings is 1. The van der Waals surface area contributed by atoms with Gasteiger partial charge in [-0.25, -0.2) is 4.79 Å². The van der Waals surface area contributed by atoms with Crippen LogP contribution in [0, 0.1) is 5.92 Å². The van der Waals surface area contributed by atoms with E-state index in [1.165, 1.54) is 0 Å². The van der Waals surface area contributed by atoms with Gasteiger partial charge in [0.05, 0.1) is 31.4 Å². The van der Waals surface area contributed by atoms with Gasteiger partial charge in [0.2, 0.25) is 5.91 Å². The van der Waals surface area contributed by atoms with Gasteiger partial charge >= 0.3 is 5.97 Å². The molecule has 1 aliphatic heterocycles. The fourth-order valence-electron chi connectivity index (χ4n) is 2.59. The normalized spacial score (nSPS) is 18.4. The fraction of sp³-hybridized carbons (Fsp3) is 0.556. The summed E-state index contributed by atoms with van der Waals surface area (Å²) in [7, 11) is 0. The van der Waals surface area contributed by atoms with E-state index in [-0.39, 0.29) is 18.0 Å². The average Bonchev–Trinajstić information content (AvgIpc) is 2.55. The number of nitrogens with zero attached hydrogens (tertiary/aromatic N) is 1. The Morgan fingerprint density at radius 1 is 1.33 bits per heavy atom. The second-order valence-corrected chi connectivity index (χ2v) is 6.23. The molecular weight excluding hydrogens is 308 g/mol. The Labute approximate surface area is 143 Å². The molecular formula is C18H26N2O4. The first-order chi connectivity index (χ1) is 11.5. The summed E-state index contributed by atoms with van der Waals surface area (Å²) in [6, 6.07) is 6.72. The summed E-state index contributed by atoms with van der Waals surface area (Å²) in [6.07, 6.45) is 0.176. The maximum absolute atomic E-state index is 12.2. The number of nitrogens with one attached hydrogen (secondary N) is 1. The molecule has 1 N–H and O–H groups in total. The lowest BCUT2D eigenvalue weighted by Gasteiger charge is -2.34. The van der Waals surface area contributed by atoms with E-state index in [0.717, 1.165) is 13.1 Å². The van der Waals surface area contributed by atoms with Gasteiger partial charge in [0.15, 0.2) is 0 Å². The quantitative estimate of drug-likeness (QED) is 0.808. The van der Waals surface area contributed by atoms with Crippen LogP contribution in [0.4, 0.5) is 5.69 Å². The van der Waals surface area contributed by atoms with E-state index in [1.807, 2.05) is 0 Å². The van der Waals surface area contributed by atoms with E-state index < -0.39 is 0 Å². The molecule has 0 bridgehead atoms. The maximum Gasteiger partial charge on any atom is 0.338 e. The van der Waals surface area contributed by atoms with Gasteiger partial charge in [-0.15, -0.1) is 0 Å². The number of ether oxygens (including phenoxy) is 2. The van der Waals surface area contributed by atoms with E-state index >= 15 is 0 Å². The van der Waals surface area contributed by atoms with E-state index in [9.17, 15) is 9.59 Å². The first-order valence-corrected chi connectivity index (χ1v) is 8.40. The number of morpholine rings is 1. The van der Waals surface area contributed by atoms with Gasteiger partial charge in [0, 0.05) is 18.8 Å². The van der Waals surface area contributed by atoms with E-state index in [0.29, 0.717) is 36.9 Å². The number of carbonyl (C=O) groups excluding carboxylic acids is 2. The van der Waals surface area contributed by atoms with Crippen molar-refractivity contribution in [3.8, 4) is 0 Å². The van der Waals surface area contributed by atoms with Crippen molar-refractivity contribution in [2.75, 3.05) is 38.2 Å². The van der Waals surface area contributed by atoms with Crippen molar-refractivity contribution in [3.63, 3.8) is 0 Å². The minimum atomic E-state index is -0.358. The van der Waals surface area contributed by atoms with Crippen molar-refractivity contribution < 1.29 is 19.1 Å². The average molecular weight is 334 g/mol.